The van der Waals surface area contributed by atoms with Gasteiger partial charge in [0.05, 0.1) is 0 Å². The molecule has 2 saturated heterocycles. The van der Waals surface area contributed by atoms with Crippen LogP contribution in [0.1, 0.15) is 39.0 Å². The topological polar surface area (TPSA) is 41.6 Å². The molecule has 2 bridgehead atoms. The standard InChI is InChI=1S/C19H25FN2O2/c1-12-13-10-16(17-4-2-3-9-22(12)17)18(11-13)24-19(23)21-15-7-5-14(20)6-8-15/h5-8,12-13,16-18H,2-4,9-11H2,1H3,(H,21,23)/t12-,13?,16?,17+,18?/m0/s1. The van der Waals surface area contributed by atoms with Crippen molar-refractivity contribution in [2.45, 2.75) is 57.2 Å². The highest BCUT2D eigenvalue weighted by Gasteiger charge is 2.51. The average Bonchev–Trinajstić information content (AvgIpc) is 2.95. The number of carbonyl (C=O) groups is 1. The van der Waals surface area contributed by atoms with E-state index in [1.54, 1.807) is 12.1 Å². The second-order valence-corrected chi connectivity index (χ2v) is 7.51. The summed E-state index contributed by atoms with van der Waals surface area (Å²) in [5, 5.41) is 2.72. The van der Waals surface area contributed by atoms with Gasteiger partial charge in [-0.2, -0.15) is 0 Å². The summed E-state index contributed by atoms with van der Waals surface area (Å²) < 4.78 is 18.7. The fourth-order valence-corrected chi connectivity index (χ4v) is 5.04. The lowest BCUT2D eigenvalue weighted by molar-refractivity contribution is -0.00871. The van der Waals surface area contributed by atoms with Crippen molar-refractivity contribution in [2.24, 2.45) is 11.8 Å². The first-order valence-electron chi connectivity index (χ1n) is 9.11. The van der Waals surface area contributed by atoms with E-state index in [4.69, 9.17) is 4.74 Å². The molecule has 2 heterocycles. The number of ether oxygens (including phenoxy) is 1. The Kier molecular flexibility index (Phi) is 4.21. The molecule has 1 amide bonds. The molecule has 1 N–H and O–H groups in total. The Morgan fingerprint density at radius 1 is 1.25 bits per heavy atom. The largest absolute Gasteiger partial charge is 0.446 e. The zero-order valence-corrected chi connectivity index (χ0v) is 14.1. The maximum Gasteiger partial charge on any atom is 0.411 e. The van der Waals surface area contributed by atoms with E-state index in [1.165, 1.54) is 44.4 Å². The molecular weight excluding hydrogens is 307 g/mol. The summed E-state index contributed by atoms with van der Waals surface area (Å²) in [5.74, 6) is 0.781. The number of rotatable bonds is 2. The van der Waals surface area contributed by atoms with Gasteiger partial charge in [0.15, 0.2) is 0 Å². The molecule has 5 atom stereocenters. The lowest BCUT2D eigenvalue weighted by Gasteiger charge is -2.47. The lowest BCUT2D eigenvalue weighted by atomic mass is 9.81. The molecule has 1 aliphatic carbocycles. The van der Waals surface area contributed by atoms with E-state index in [9.17, 15) is 9.18 Å². The quantitative estimate of drug-likeness (QED) is 0.889. The number of amides is 1. The first-order chi connectivity index (χ1) is 11.6. The van der Waals surface area contributed by atoms with Crippen molar-refractivity contribution in [3.63, 3.8) is 0 Å². The van der Waals surface area contributed by atoms with Crippen molar-refractivity contribution < 1.29 is 13.9 Å². The summed E-state index contributed by atoms with van der Waals surface area (Å²) in [4.78, 5) is 14.9. The number of hydrogen-bond acceptors (Lipinski definition) is 3. The van der Waals surface area contributed by atoms with Crippen molar-refractivity contribution in [3.8, 4) is 0 Å². The Hall–Kier alpha value is -1.62. The molecule has 4 nitrogen and oxygen atoms in total. The molecule has 24 heavy (non-hydrogen) atoms. The number of piperidine rings is 2. The first kappa shape index (κ1) is 15.9. The summed E-state index contributed by atoms with van der Waals surface area (Å²) in [6.07, 6.45) is 5.52. The molecule has 3 unspecified atom stereocenters. The highest BCUT2D eigenvalue weighted by Crippen LogP contribution is 2.48. The predicted molar refractivity (Wildman–Crippen MR) is 90.3 cm³/mol. The number of halogens is 1. The summed E-state index contributed by atoms with van der Waals surface area (Å²) in [6, 6.07) is 6.93. The predicted octanol–water partition coefficient (Wildman–Crippen LogP) is 4.03. The second kappa shape index (κ2) is 6.36. The van der Waals surface area contributed by atoms with E-state index in [1.807, 2.05) is 0 Å². The number of nitrogens with one attached hydrogen (secondary N) is 1. The Labute approximate surface area is 142 Å². The van der Waals surface area contributed by atoms with Gasteiger partial charge in [-0.1, -0.05) is 6.42 Å². The lowest BCUT2D eigenvalue weighted by Crippen LogP contribution is -2.54. The van der Waals surface area contributed by atoms with Crippen molar-refractivity contribution in [2.75, 3.05) is 11.9 Å². The summed E-state index contributed by atoms with van der Waals surface area (Å²) >= 11 is 0. The van der Waals surface area contributed by atoms with Gasteiger partial charge in [-0.05, 0) is 69.3 Å². The van der Waals surface area contributed by atoms with Gasteiger partial charge in [-0.3, -0.25) is 10.2 Å². The van der Waals surface area contributed by atoms with Gasteiger partial charge >= 0.3 is 6.09 Å². The van der Waals surface area contributed by atoms with Crippen molar-refractivity contribution in [1.82, 2.24) is 4.90 Å². The molecule has 3 fully saturated rings. The monoisotopic (exact) mass is 332 g/mol. The molecule has 1 aromatic carbocycles. The number of fused-ring (bicyclic) bond motifs is 4. The molecule has 1 saturated carbocycles. The minimum Gasteiger partial charge on any atom is -0.446 e. The fourth-order valence-electron chi connectivity index (χ4n) is 5.04. The van der Waals surface area contributed by atoms with Crippen LogP contribution in [0.2, 0.25) is 0 Å². The van der Waals surface area contributed by atoms with Crippen LogP contribution in [0.15, 0.2) is 24.3 Å². The maximum absolute atomic E-state index is 12.9. The molecule has 5 heteroatoms. The van der Waals surface area contributed by atoms with Gasteiger partial charge in [0.2, 0.25) is 0 Å². The smallest absolute Gasteiger partial charge is 0.411 e. The molecule has 1 aromatic rings. The van der Waals surface area contributed by atoms with Gasteiger partial charge < -0.3 is 4.74 Å². The third-order valence-electron chi connectivity index (χ3n) is 6.23. The van der Waals surface area contributed by atoms with E-state index < -0.39 is 6.09 Å². The van der Waals surface area contributed by atoms with Crippen LogP contribution in [0.25, 0.3) is 0 Å². The third kappa shape index (κ3) is 2.90. The van der Waals surface area contributed by atoms with E-state index in [0.717, 1.165) is 6.42 Å². The Morgan fingerprint density at radius 3 is 2.83 bits per heavy atom. The molecule has 0 spiro atoms. The maximum atomic E-state index is 12.9. The summed E-state index contributed by atoms with van der Waals surface area (Å²) in [7, 11) is 0. The molecule has 2 aliphatic heterocycles. The van der Waals surface area contributed by atoms with Crippen LogP contribution in [-0.2, 0) is 4.74 Å². The number of nitrogens with zero attached hydrogens (tertiary/aromatic N) is 1. The van der Waals surface area contributed by atoms with E-state index in [2.05, 4.69) is 17.1 Å². The van der Waals surface area contributed by atoms with Gasteiger partial charge in [-0.15, -0.1) is 0 Å². The van der Waals surface area contributed by atoms with E-state index in [-0.39, 0.29) is 11.9 Å². The van der Waals surface area contributed by atoms with Crippen LogP contribution in [0.5, 0.6) is 0 Å². The minimum atomic E-state index is -0.422. The molecule has 0 aromatic heterocycles. The Morgan fingerprint density at radius 2 is 2.04 bits per heavy atom. The molecule has 3 aliphatic rings. The molecule has 130 valence electrons. The van der Waals surface area contributed by atoms with Crippen LogP contribution in [-0.4, -0.2) is 35.7 Å². The van der Waals surface area contributed by atoms with Crippen LogP contribution >= 0.6 is 0 Å². The molecule has 0 radical (unpaired) electrons. The first-order valence-corrected chi connectivity index (χ1v) is 9.11. The number of benzene rings is 1. The summed E-state index contributed by atoms with van der Waals surface area (Å²) in [6.45, 7) is 3.52. The van der Waals surface area contributed by atoms with Gasteiger partial charge in [0.25, 0.3) is 0 Å². The highest BCUT2D eigenvalue weighted by molar-refractivity contribution is 5.84. The van der Waals surface area contributed by atoms with Gasteiger partial charge in [0, 0.05) is 23.7 Å². The fraction of sp³-hybridized carbons (Fsp3) is 0.632. The SMILES string of the molecule is C[C@H]1C2CC(OC(=O)Nc3ccc(F)cc3)C(C2)[C@H]2CCCCN21. The van der Waals surface area contributed by atoms with Gasteiger partial charge in [-0.25, -0.2) is 9.18 Å². The van der Waals surface area contributed by atoms with Crippen molar-refractivity contribution in [1.29, 1.82) is 0 Å². The zero-order valence-electron chi connectivity index (χ0n) is 14.1. The van der Waals surface area contributed by atoms with Crippen molar-refractivity contribution >= 4 is 11.8 Å². The summed E-state index contributed by atoms with van der Waals surface area (Å²) in [5.41, 5.74) is 0.565. The highest BCUT2D eigenvalue weighted by atomic mass is 19.1. The number of carbonyl (C=O) groups excluding carboxylic acids is 1. The zero-order chi connectivity index (χ0) is 16.7. The average molecular weight is 332 g/mol. The van der Waals surface area contributed by atoms with Crippen LogP contribution in [0, 0.1) is 17.7 Å². The Balaban J connectivity index is 1.41. The van der Waals surface area contributed by atoms with Crippen LogP contribution in [0.3, 0.4) is 0 Å². The van der Waals surface area contributed by atoms with Crippen molar-refractivity contribution in [3.05, 3.63) is 30.1 Å². The Bertz CT molecular complexity index is 606. The van der Waals surface area contributed by atoms with Crippen LogP contribution in [0.4, 0.5) is 14.9 Å². The second-order valence-electron chi connectivity index (χ2n) is 7.51. The number of anilines is 1. The normalized spacial score (nSPS) is 35.3. The van der Waals surface area contributed by atoms with Gasteiger partial charge in [0.1, 0.15) is 11.9 Å². The molecular formula is C19H25FN2O2. The minimum absolute atomic E-state index is 0.00555. The van der Waals surface area contributed by atoms with E-state index >= 15 is 0 Å². The van der Waals surface area contributed by atoms with E-state index in [0.29, 0.717) is 29.6 Å². The number of hydrogen-bond donors (Lipinski definition) is 1. The molecule has 4 rings (SSSR count). The van der Waals surface area contributed by atoms with Crippen LogP contribution < -0.4 is 5.32 Å². The third-order valence-corrected chi connectivity index (χ3v) is 6.23.